The molecule has 168 valence electrons. The first-order valence-electron chi connectivity index (χ1n) is 9.78. The lowest BCUT2D eigenvalue weighted by Gasteiger charge is -2.23. The van der Waals surface area contributed by atoms with Crippen molar-refractivity contribution in [3.63, 3.8) is 0 Å². The predicted molar refractivity (Wildman–Crippen MR) is 120 cm³/mol. The first kappa shape index (κ1) is 22.6. The van der Waals surface area contributed by atoms with Crippen molar-refractivity contribution in [2.75, 3.05) is 24.5 Å². The minimum atomic E-state index is -1.03. The second-order valence-corrected chi connectivity index (χ2v) is 7.04. The highest BCUT2D eigenvalue weighted by Gasteiger charge is 2.17. The van der Waals surface area contributed by atoms with Gasteiger partial charge in [-0.3, -0.25) is 20.4 Å². The molecule has 32 heavy (non-hydrogen) atoms. The number of carbonyl (C=O) groups excluding carboxylic acids is 1. The summed E-state index contributed by atoms with van der Waals surface area (Å²) < 4.78 is 10.6. The summed E-state index contributed by atoms with van der Waals surface area (Å²) in [7, 11) is 3.29. The van der Waals surface area contributed by atoms with E-state index in [1.807, 2.05) is 17.0 Å². The molecule has 0 fully saturated rings. The van der Waals surface area contributed by atoms with Gasteiger partial charge in [0.25, 0.3) is 5.91 Å². The van der Waals surface area contributed by atoms with Crippen LogP contribution in [0.1, 0.15) is 12.8 Å². The van der Waals surface area contributed by atoms with Crippen molar-refractivity contribution in [3.05, 3.63) is 59.0 Å². The molecule has 2 aromatic carbocycles. The van der Waals surface area contributed by atoms with Crippen LogP contribution < -0.4 is 31.8 Å². The van der Waals surface area contributed by atoms with E-state index in [2.05, 4.69) is 10.9 Å². The maximum absolute atomic E-state index is 12.2. The fraction of sp³-hybridized carbons (Fsp3) is 0.227. The number of hydrogen-bond acceptors (Lipinski definition) is 8. The van der Waals surface area contributed by atoms with Crippen LogP contribution in [0.5, 0.6) is 5.75 Å². The summed E-state index contributed by atoms with van der Waals surface area (Å²) in [4.78, 5) is 36.7. The number of anilines is 3. The Balaban J connectivity index is 1.84. The van der Waals surface area contributed by atoms with Crippen LogP contribution in [0.2, 0.25) is 0 Å². The summed E-state index contributed by atoms with van der Waals surface area (Å²) in [5, 5.41) is 9.49. The number of rotatable bonds is 9. The molecule has 0 spiro atoms. The third-order valence-corrected chi connectivity index (χ3v) is 4.89. The topological polar surface area (TPSA) is 147 Å². The number of methoxy groups -OCH3 is 1. The molecule has 5 N–H and O–H groups in total. The maximum Gasteiger partial charge on any atom is 0.338 e. The number of carboxylic acid groups (broad SMARTS) is 1. The molecule has 0 bridgehead atoms. The summed E-state index contributed by atoms with van der Waals surface area (Å²) in [5.74, 6) is -1.13. The van der Waals surface area contributed by atoms with Gasteiger partial charge in [-0.2, -0.15) is 0 Å². The third-order valence-electron chi connectivity index (χ3n) is 4.89. The van der Waals surface area contributed by atoms with Crippen molar-refractivity contribution in [1.82, 2.24) is 5.43 Å². The fourth-order valence-electron chi connectivity index (χ4n) is 3.15. The van der Waals surface area contributed by atoms with E-state index in [0.29, 0.717) is 28.4 Å². The van der Waals surface area contributed by atoms with Gasteiger partial charge >= 0.3 is 11.6 Å². The molecule has 0 saturated heterocycles. The average molecular weight is 440 g/mol. The minimum Gasteiger partial charge on any atom is -0.495 e. The number of aliphatic carboxylic acids is 1. The second-order valence-electron chi connectivity index (χ2n) is 7.04. The molecule has 1 heterocycles. The number of benzene rings is 2. The van der Waals surface area contributed by atoms with Crippen LogP contribution in [0.3, 0.4) is 0 Å². The van der Waals surface area contributed by atoms with Crippen molar-refractivity contribution in [2.45, 2.75) is 18.9 Å². The number of hydrazine groups is 1. The molecule has 10 heteroatoms. The van der Waals surface area contributed by atoms with Gasteiger partial charge < -0.3 is 24.9 Å². The highest BCUT2D eigenvalue weighted by molar-refractivity contribution is 5.92. The lowest BCUT2D eigenvalue weighted by atomic mass is 10.1. The Bertz CT molecular complexity index is 1190. The Kier molecular flexibility index (Phi) is 6.96. The van der Waals surface area contributed by atoms with E-state index < -0.39 is 23.5 Å². The Labute approximate surface area is 183 Å². The van der Waals surface area contributed by atoms with Gasteiger partial charge in [-0.05, 0) is 36.8 Å². The summed E-state index contributed by atoms with van der Waals surface area (Å²) in [6.07, 6.45) is -0.205. The summed E-state index contributed by atoms with van der Waals surface area (Å²) in [6.45, 7) is 0. The zero-order valence-electron chi connectivity index (χ0n) is 17.6. The highest BCUT2D eigenvalue weighted by Crippen LogP contribution is 2.34. The number of carbonyl (C=O) groups is 2. The molecular formula is C22H24N4O6. The Hall–Kier alpha value is -4.05. The Morgan fingerprint density at radius 2 is 1.97 bits per heavy atom. The minimum absolute atomic E-state index is 0.00637. The molecule has 1 atom stereocenters. The van der Waals surface area contributed by atoms with Gasteiger partial charge in [-0.1, -0.05) is 12.1 Å². The summed E-state index contributed by atoms with van der Waals surface area (Å²) >= 11 is 0. The van der Waals surface area contributed by atoms with Crippen LogP contribution in [0.4, 0.5) is 17.1 Å². The zero-order chi connectivity index (χ0) is 23.3. The van der Waals surface area contributed by atoms with E-state index in [-0.39, 0.29) is 12.8 Å². The van der Waals surface area contributed by atoms with Crippen molar-refractivity contribution >= 4 is 39.9 Å². The average Bonchev–Trinajstić information content (AvgIpc) is 2.79. The lowest BCUT2D eigenvalue weighted by molar-refractivity contribution is -0.137. The van der Waals surface area contributed by atoms with E-state index in [9.17, 15) is 14.4 Å². The molecule has 1 aromatic heterocycles. The zero-order valence-corrected chi connectivity index (χ0v) is 17.6. The van der Waals surface area contributed by atoms with Gasteiger partial charge in [0.1, 0.15) is 11.3 Å². The van der Waals surface area contributed by atoms with Crippen molar-refractivity contribution in [2.24, 2.45) is 5.73 Å². The molecule has 0 aliphatic heterocycles. The van der Waals surface area contributed by atoms with Crippen LogP contribution >= 0.6 is 0 Å². The lowest BCUT2D eigenvalue weighted by Crippen LogP contribution is -2.43. The van der Waals surface area contributed by atoms with E-state index in [0.717, 1.165) is 5.39 Å². The van der Waals surface area contributed by atoms with E-state index in [1.165, 1.54) is 13.2 Å². The first-order chi connectivity index (χ1) is 15.3. The van der Waals surface area contributed by atoms with E-state index in [4.69, 9.17) is 20.0 Å². The molecule has 0 aliphatic rings. The Morgan fingerprint density at radius 1 is 1.22 bits per heavy atom. The molecule has 3 rings (SSSR count). The molecule has 10 nitrogen and oxygen atoms in total. The van der Waals surface area contributed by atoms with Gasteiger partial charge in [-0.15, -0.1) is 0 Å². The molecule has 1 amide bonds. The van der Waals surface area contributed by atoms with E-state index in [1.54, 1.807) is 37.4 Å². The van der Waals surface area contributed by atoms with Crippen LogP contribution in [0.15, 0.2) is 57.7 Å². The molecule has 0 unspecified atom stereocenters. The quantitative estimate of drug-likeness (QED) is 0.290. The second kappa shape index (κ2) is 9.84. The molecule has 3 aromatic rings. The fourth-order valence-corrected chi connectivity index (χ4v) is 3.15. The number of fused-ring (bicyclic) bond motifs is 1. The van der Waals surface area contributed by atoms with Crippen molar-refractivity contribution < 1.29 is 23.8 Å². The molecule has 0 aliphatic carbocycles. The predicted octanol–water partition coefficient (Wildman–Crippen LogP) is 2.20. The van der Waals surface area contributed by atoms with Crippen LogP contribution in [-0.2, 0) is 9.59 Å². The Morgan fingerprint density at radius 3 is 2.69 bits per heavy atom. The van der Waals surface area contributed by atoms with Crippen LogP contribution in [0, 0.1) is 0 Å². The number of para-hydroxylation sites is 1. The number of amides is 1. The monoisotopic (exact) mass is 440 g/mol. The molecule has 0 saturated carbocycles. The standard InChI is InChI=1S/C22H24N4O6/c1-26(17-12-21(29)32-18-6-4-3-5-14(17)18)13-7-9-19(31-2)16(11-13)24-25-22(30)15(23)8-10-20(27)28/h3-7,9,11-12,15,24H,8,10,23H2,1-2H3,(H,25,30)(H,27,28)/t15-/m0/s1. The van der Waals surface area contributed by atoms with Crippen LogP contribution in [-0.4, -0.2) is 37.2 Å². The summed E-state index contributed by atoms with van der Waals surface area (Å²) in [6, 6.07) is 12.9. The third kappa shape index (κ3) is 5.16. The smallest absolute Gasteiger partial charge is 0.338 e. The van der Waals surface area contributed by atoms with Gasteiger partial charge in [-0.25, -0.2) is 4.79 Å². The van der Waals surface area contributed by atoms with Crippen molar-refractivity contribution in [1.29, 1.82) is 0 Å². The largest absolute Gasteiger partial charge is 0.495 e. The number of carboxylic acids is 1. The number of nitrogens with two attached hydrogens (primary N) is 1. The number of nitrogens with zero attached hydrogens (tertiary/aromatic N) is 1. The van der Waals surface area contributed by atoms with E-state index >= 15 is 0 Å². The molecular weight excluding hydrogens is 416 g/mol. The molecule has 0 radical (unpaired) electrons. The van der Waals surface area contributed by atoms with Gasteiger partial charge in [0.05, 0.1) is 24.5 Å². The normalized spacial score (nSPS) is 11.6. The number of ether oxygens (including phenoxy) is 1. The highest BCUT2D eigenvalue weighted by atomic mass is 16.5. The maximum atomic E-state index is 12.2. The van der Waals surface area contributed by atoms with Crippen LogP contribution in [0.25, 0.3) is 11.0 Å². The van der Waals surface area contributed by atoms with Crippen molar-refractivity contribution in [3.8, 4) is 5.75 Å². The SMILES string of the molecule is COc1ccc(N(C)c2cc(=O)oc3ccccc23)cc1NNC(=O)[C@@H](N)CCC(=O)O. The summed E-state index contributed by atoms with van der Waals surface area (Å²) in [5.41, 5.74) is 12.8. The number of hydrogen-bond donors (Lipinski definition) is 4. The number of nitrogens with one attached hydrogen (secondary N) is 2. The first-order valence-corrected chi connectivity index (χ1v) is 9.78. The van der Waals surface area contributed by atoms with Gasteiger partial charge in [0.15, 0.2) is 0 Å². The van der Waals surface area contributed by atoms with Gasteiger partial charge in [0.2, 0.25) is 0 Å². The van der Waals surface area contributed by atoms with Gasteiger partial charge in [0, 0.05) is 30.6 Å².